The molecule has 25 heavy (non-hydrogen) atoms. The maximum Gasteiger partial charge on any atom is 0.234 e. The summed E-state index contributed by atoms with van der Waals surface area (Å²) in [5.41, 5.74) is -1.77. The van der Waals surface area contributed by atoms with Gasteiger partial charge in [-0.1, -0.05) is 11.6 Å². The van der Waals surface area contributed by atoms with Crippen LogP contribution in [0.4, 0.5) is 16.3 Å². The largest absolute Gasteiger partial charge is 0.492 e. The second kappa shape index (κ2) is 8.06. The summed E-state index contributed by atoms with van der Waals surface area (Å²) in [6.07, 6.45) is 0. The van der Waals surface area contributed by atoms with Crippen LogP contribution in [-0.4, -0.2) is 34.0 Å². The molecule has 1 heterocycles. The Labute approximate surface area is 150 Å². The minimum atomic E-state index is -1.77. The van der Waals surface area contributed by atoms with Gasteiger partial charge in [0.15, 0.2) is 11.5 Å². The first-order chi connectivity index (χ1) is 11.7. The smallest absolute Gasteiger partial charge is 0.234 e. The number of halogens is 2. The van der Waals surface area contributed by atoms with E-state index >= 15 is 0 Å². The molecule has 0 saturated carbocycles. The van der Waals surface area contributed by atoms with E-state index in [2.05, 4.69) is 25.6 Å². The molecule has 0 unspecified atom stereocenters. The molecule has 2 rings (SSSR count). The number of hydrogen-bond donors (Lipinski definition) is 2. The predicted octanol–water partition coefficient (Wildman–Crippen LogP) is 3.18. The molecule has 2 aromatic rings. The number of hydrogen-bond acceptors (Lipinski definition) is 6. The van der Waals surface area contributed by atoms with Crippen LogP contribution < -0.4 is 15.4 Å². The fourth-order valence-corrected chi connectivity index (χ4v) is 1.92. The van der Waals surface area contributed by atoms with Gasteiger partial charge in [-0.2, -0.15) is 15.0 Å². The number of nitrogens with one attached hydrogen (secondary N) is 2. The van der Waals surface area contributed by atoms with Crippen LogP contribution in [0.3, 0.4) is 0 Å². The summed E-state index contributed by atoms with van der Waals surface area (Å²) in [5.74, 6) is 0.382. The lowest BCUT2D eigenvalue weighted by Gasteiger charge is -2.15. The van der Waals surface area contributed by atoms with Crippen LogP contribution in [0.15, 0.2) is 24.3 Å². The SMILES string of the molecule is CC(=O)Nc1nc(NCCOc2ccc(Cl)cc2)nc(C(C)(C)F)n1. The summed E-state index contributed by atoms with van der Waals surface area (Å²) in [6.45, 7) is 4.67. The van der Waals surface area contributed by atoms with Crippen LogP contribution in [0, 0.1) is 0 Å². The highest BCUT2D eigenvalue weighted by Crippen LogP contribution is 2.22. The van der Waals surface area contributed by atoms with Crippen LogP contribution in [0.25, 0.3) is 0 Å². The third-order valence-corrected chi connectivity index (χ3v) is 3.17. The minimum absolute atomic E-state index is 0.00987. The summed E-state index contributed by atoms with van der Waals surface area (Å²) in [4.78, 5) is 23.2. The van der Waals surface area contributed by atoms with Gasteiger partial charge in [-0.3, -0.25) is 10.1 Å². The van der Waals surface area contributed by atoms with Gasteiger partial charge in [0.1, 0.15) is 12.4 Å². The molecule has 1 amide bonds. The van der Waals surface area contributed by atoms with Gasteiger partial charge in [0.25, 0.3) is 0 Å². The van der Waals surface area contributed by atoms with Crippen molar-refractivity contribution in [1.29, 1.82) is 0 Å². The first kappa shape index (κ1) is 18.9. The van der Waals surface area contributed by atoms with Crippen molar-refractivity contribution in [3.63, 3.8) is 0 Å². The first-order valence-corrected chi connectivity index (χ1v) is 7.97. The van der Waals surface area contributed by atoms with E-state index in [1.54, 1.807) is 24.3 Å². The Kier molecular flexibility index (Phi) is 6.08. The molecule has 0 aliphatic rings. The molecule has 0 radical (unpaired) electrons. The van der Waals surface area contributed by atoms with E-state index in [9.17, 15) is 9.18 Å². The number of alkyl halides is 1. The summed E-state index contributed by atoms with van der Waals surface area (Å²) < 4.78 is 19.7. The molecule has 0 aliphatic carbocycles. The minimum Gasteiger partial charge on any atom is -0.492 e. The van der Waals surface area contributed by atoms with Crippen molar-refractivity contribution in [1.82, 2.24) is 15.0 Å². The van der Waals surface area contributed by atoms with Crippen LogP contribution in [0.5, 0.6) is 5.75 Å². The van der Waals surface area contributed by atoms with Gasteiger partial charge in [-0.15, -0.1) is 0 Å². The Balaban J connectivity index is 1.99. The van der Waals surface area contributed by atoms with Gasteiger partial charge >= 0.3 is 0 Å². The molecular formula is C16H19ClFN5O2. The van der Waals surface area contributed by atoms with Gasteiger partial charge in [0.05, 0.1) is 6.54 Å². The fraction of sp³-hybridized carbons (Fsp3) is 0.375. The lowest BCUT2D eigenvalue weighted by Crippen LogP contribution is -2.21. The van der Waals surface area contributed by atoms with Crippen LogP contribution >= 0.6 is 11.6 Å². The summed E-state index contributed by atoms with van der Waals surface area (Å²) in [6, 6.07) is 6.96. The van der Waals surface area contributed by atoms with Crippen molar-refractivity contribution in [2.45, 2.75) is 26.4 Å². The Morgan fingerprint density at radius 1 is 1.20 bits per heavy atom. The first-order valence-electron chi connectivity index (χ1n) is 7.59. The van der Waals surface area contributed by atoms with E-state index in [-0.39, 0.29) is 23.6 Å². The Bertz CT molecular complexity index is 734. The van der Waals surface area contributed by atoms with Crippen LogP contribution in [0.2, 0.25) is 5.02 Å². The second-order valence-electron chi connectivity index (χ2n) is 5.69. The van der Waals surface area contributed by atoms with Crippen molar-refractivity contribution in [3.05, 3.63) is 35.1 Å². The van der Waals surface area contributed by atoms with E-state index in [4.69, 9.17) is 16.3 Å². The van der Waals surface area contributed by atoms with E-state index in [0.717, 1.165) is 0 Å². The van der Waals surface area contributed by atoms with Crippen LogP contribution in [-0.2, 0) is 10.5 Å². The van der Waals surface area contributed by atoms with Crippen molar-refractivity contribution in [2.24, 2.45) is 0 Å². The normalized spacial score (nSPS) is 11.1. The van der Waals surface area contributed by atoms with Gasteiger partial charge in [0, 0.05) is 11.9 Å². The Morgan fingerprint density at radius 2 is 1.84 bits per heavy atom. The molecule has 0 aliphatic heterocycles. The zero-order valence-corrected chi connectivity index (χ0v) is 14.9. The number of aromatic nitrogens is 3. The molecule has 0 saturated heterocycles. The topological polar surface area (TPSA) is 89.0 Å². The van der Waals surface area contributed by atoms with Gasteiger partial charge in [0.2, 0.25) is 17.8 Å². The number of carbonyl (C=O) groups is 1. The van der Waals surface area contributed by atoms with E-state index < -0.39 is 5.67 Å². The average molecular weight is 368 g/mol. The summed E-state index contributed by atoms with van der Waals surface area (Å²) in [5, 5.41) is 5.98. The molecule has 0 spiro atoms. The van der Waals surface area contributed by atoms with E-state index in [1.807, 2.05) is 0 Å². The van der Waals surface area contributed by atoms with Crippen molar-refractivity contribution in [2.75, 3.05) is 23.8 Å². The standard InChI is InChI=1S/C16H19ClFN5O2/c1-10(24)20-15-22-13(16(2,3)18)21-14(23-15)19-8-9-25-12-6-4-11(17)5-7-12/h4-7H,8-9H2,1-3H3,(H2,19,20,21,22,23,24). The predicted molar refractivity (Wildman–Crippen MR) is 93.7 cm³/mol. The van der Waals surface area contributed by atoms with Gasteiger partial charge in [-0.25, -0.2) is 4.39 Å². The highest BCUT2D eigenvalue weighted by molar-refractivity contribution is 6.30. The van der Waals surface area contributed by atoms with E-state index in [1.165, 1.54) is 20.8 Å². The van der Waals surface area contributed by atoms with Crippen molar-refractivity contribution < 1.29 is 13.9 Å². The molecule has 2 N–H and O–H groups in total. The monoisotopic (exact) mass is 367 g/mol. The second-order valence-corrected chi connectivity index (χ2v) is 6.13. The molecule has 9 heteroatoms. The molecule has 0 bridgehead atoms. The number of rotatable bonds is 7. The maximum atomic E-state index is 14.1. The number of amides is 1. The highest BCUT2D eigenvalue weighted by Gasteiger charge is 2.24. The number of anilines is 2. The number of nitrogens with zero attached hydrogens (tertiary/aromatic N) is 3. The van der Waals surface area contributed by atoms with Crippen LogP contribution in [0.1, 0.15) is 26.6 Å². The van der Waals surface area contributed by atoms with Crippen molar-refractivity contribution >= 4 is 29.4 Å². The number of carbonyl (C=O) groups excluding carboxylic acids is 1. The van der Waals surface area contributed by atoms with E-state index in [0.29, 0.717) is 23.9 Å². The summed E-state index contributed by atoms with van der Waals surface area (Å²) >= 11 is 5.80. The molecule has 0 fully saturated rings. The molecule has 1 aromatic heterocycles. The molecule has 7 nitrogen and oxygen atoms in total. The average Bonchev–Trinajstić information content (AvgIpc) is 2.51. The molecule has 0 atom stereocenters. The fourth-order valence-electron chi connectivity index (χ4n) is 1.80. The zero-order valence-electron chi connectivity index (χ0n) is 14.1. The Morgan fingerprint density at radius 3 is 2.44 bits per heavy atom. The highest BCUT2D eigenvalue weighted by atomic mass is 35.5. The van der Waals surface area contributed by atoms with Crippen molar-refractivity contribution in [3.8, 4) is 5.75 Å². The maximum absolute atomic E-state index is 14.1. The molecular weight excluding hydrogens is 349 g/mol. The molecule has 1 aromatic carbocycles. The Hall–Kier alpha value is -2.48. The zero-order chi connectivity index (χ0) is 18.4. The van der Waals surface area contributed by atoms with Gasteiger partial charge in [-0.05, 0) is 38.1 Å². The number of ether oxygens (including phenoxy) is 1. The lowest BCUT2D eigenvalue weighted by molar-refractivity contribution is -0.114. The van der Waals surface area contributed by atoms with Gasteiger partial charge < -0.3 is 10.1 Å². The quantitative estimate of drug-likeness (QED) is 0.730. The molecule has 134 valence electrons. The summed E-state index contributed by atoms with van der Waals surface area (Å²) in [7, 11) is 0. The lowest BCUT2D eigenvalue weighted by atomic mass is 10.1. The third-order valence-electron chi connectivity index (χ3n) is 2.92. The number of benzene rings is 1. The third kappa shape index (κ3) is 6.15.